The first kappa shape index (κ1) is 15.8. The molecule has 0 radical (unpaired) electrons. The second kappa shape index (κ2) is 7.48. The highest BCUT2D eigenvalue weighted by atomic mass is 16.2. The van der Waals surface area contributed by atoms with E-state index in [2.05, 4.69) is 20.6 Å². The molecule has 0 aliphatic carbocycles. The van der Waals surface area contributed by atoms with E-state index in [4.69, 9.17) is 6.42 Å². The molecule has 3 aliphatic heterocycles. The highest BCUT2D eigenvalue weighted by Gasteiger charge is 2.35. The molecule has 0 aromatic heterocycles. The Morgan fingerprint density at radius 1 is 1.00 bits per heavy atom. The number of amides is 1. The summed E-state index contributed by atoms with van der Waals surface area (Å²) in [4.78, 5) is 19.9. The lowest BCUT2D eigenvalue weighted by atomic mass is 9.98. The second-order valence-corrected chi connectivity index (χ2v) is 7.01. The Kier molecular flexibility index (Phi) is 5.38. The summed E-state index contributed by atoms with van der Waals surface area (Å²) < 4.78 is 0. The maximum absolute atomic E-state index is 13.0. The molecule has 3 heterocycles. The Bertz CT molecular complexity index is 425. The molecule has 22 heavy (non-hydrogen) atoms. The van der Waals surface area contributed by atoms with Gasteiger partial charge in [-0.15, -0.1) is 6.42 Å². The predicted octanol–water partition coefficient (Wildman–Crippen LogP) is 1.56. The van der Waals surface area contributed by atoms with Crippen molar-refractivity contribution in [3.63, 3.8) is 0 Å². The van der Waals surface area contributed by atoms with Gasteiger partial charge in [-0.3, -0.25) is 14.6 Å². The molecule has 3 rings (SSSR count). The van der Waals surface area contributed by atoms with Gasteiger partial charge in [0, 0.05) is 19.1 Å². The number of likely N-dealkylation sites (tertiary alicyclic amines) is 3. The molecule has 3 saturated heterocycles. The molecular weight excluding hydrogens is 274 g/mol. The fourth-order valence-corrected chi connectivity index (χ4v) is 4.35. The van der Waals surface area contributed by atoms with E-state index >= 15 is 0 Å². The first-order valence-electron chi connectivity index (χ1n) is 9.00. The van der Waals surface area contributed by atoms with Crippen molar-refractivity contribution in [2.75, 3.05) is 39.3 Å². The maximum atomic E-state index is 13.0. The third-order valence-electron chi connectivity index (χ3n) is 5.56. The molecular formula is C18H29N3O. The highest BCUT2D eigenvalue weighted by Crippen LogP contribution is 2.24. The number of carbonyl (C=O) groups is 1. The fourth-order valence-electron chi connectivity index (χ4n) is 4.35. The van der Waals surface area contributed by atoms with Gasteiger partial charge >= 0.3 is 0 Å². The topological polar surface area (TPSA) is 26.8 Å². The van der Waals surface area contributed by atoms with Gasteiger partial charge in [-0.1, -0.05) is 12.3 Å². The van der Waals surface area contributed by atoms with E-state index in [1.54, 1.807) is 0 Å². The second-order valence-electron chi connectivity index (χ2n) is 7.01. The summed E-state index contributed by atoms with van der Waals surface area (Å²) in [6.07, 6.45) is 13.8. The van der Waals surface area contributed by atoms with Gasteiger partial charge in [0.2, 0.25) is 5.91 Å². The van der Waals surface area contributed by atoms with Crippen LogP contribution < -0.4 is 0 Å². The summed E-state index contributed by atoms with van der Waals surface area (Å²) in [5.74, 6) is 3.06. The van der Waals surface area contributed by atoms with E-state index in [-0.39, 0.29) is 6.04 Å². The molecule has 4 nitrogen and oxygen atoms in total. The van der Waals surface area contributed by atoms with E-state index in [1.807, 2.05) is 0 Å². The molecule has 122 valence electrons. The van der Waals surface area contributed by atoms with Gasteiger partial charge < -0.3 is 4.90 Å². The Morgan fingerprint density at radius 2 is 1.77 bits per heavy atom. The maximum Gasteiger partial charge on any atom is 0.240 e. The zero-order valence-corrected chi connectivity index (χ0v) is 13.7. The Balaban J connectivity index is 1.61. The van der Waals surface area contributed by atoms with E-state index in [0.717, 1.165) is 38.9 Å². The number of carbonyl (C=O) groups excluding carboxylic acids is 1. The number of piperidine rings is 2. The minimum Gasteiger partial charge on any atom is -0.340 e. The molecule has 0 spiro atoms. The van der Waals surface area contributed by atoms with Gasteiger partial charge in [0.05, 0.1) is 12.6 Å². The Labute approximate surface area is 134 Å². The number of nitrogens with zero attached hydrogens (tertiary/aromatic N) is 3. The number of terminal acetylenes is 1. The molecule has 3 aliphatic rings. The van der Waals surface area contributed by atoms with Crippen LogP contribution in [0.4, 0.5) is 0 Å². The minimum absolute atomic E-state index is 0.0297. The van der Waals surface area contributed by atoms with Crippen molar-refractivity contribution in [2.45, 2.75) is 57.0 Å². The Morgan fingerprint density at radius 3 is 2.55 bits per heavy atom. The molecule has 3 fully saturated rings. The van der Waals surface area contributed by atoms with E-state index < -0.39 is 0 Å². The van der Waals surface area contributed by atoms with Crippen LogP contribution in [0.5, 0.6) is 0 Å². The van der Waals surface area contributed by atoms with Gasteiger partial charge in [-0.25, -0.2) is 0 Å². The van der Waals surface area contributed by atoms with Crippen LogP contribution in [-0.2, 0) is 4.79 Å². The van der Waals surface area contributed by atoms with Crippen molar-refractivity contribution in [2.24, 2.45) is 0 Å². The third-order valence-corrected chi connectivity index (χ3v) is 5.56. The smallest absolute Gasteiger partial charge is 0.240 e. The van der Waals surface area contributed by atoms with Gasteiger partial charge in [-0.2, -0.15) is 0 Å². The first-order valence-corrected chi connectivity index (χ1v) is 9.00. The van der Waals surface area contributed by atoms with Crippen molar-refractivity contribution in [1.82, 2.24) is 14.7 Å². The summed E-state index contributed by atoms with van der Waals surface area (Å²) in [7, 11) is 0. The van der Waals surface area contributed by atoms with Crippen LogP contribution in [0.25, 0.3) is 0 Å². The van der Waals surface area contributed by atoms with Gasteiger partial charge in [0.15, 0.2) is 0 Å². The first-order chi connectivity index (χ1) is 10.8. The van der Waals surface area contributed by atoms with Gasteiger partial charge in [-0.05, 0) is 58.2 Å². The van der Waals surface area contributed by atoms with Crippen molar-refractivity contribution < 1.29 is 4.79 Å². The molecule has 1 amide bonds. The fraction of sp³-hybridized carbons (Fsp3) is 0.833. The Hall–Kier alpha value is -1.05. The van der Waals surface area contributed by atoms with Crippen LogP contribution >= 0.6 is 0 Å². The zero-order chi connectivity index (χ0) is 15.4. The lowest BCUT2D eigenvalue weighted by Crippen LogP contribution is -2.55. The quantitative estimate of drug-likeness (QED) is 0.740. The average Bonchev–Trinajstić information content (AvgIpc) is 3.10. The molecule has 0 saturated carbocycles. The SMILES string of the molecule is C#CCN1CCCC[C@@H]1C(=O)N1CCC[C@H](N2CCCC2)C1. The summed E-state index contributed by atoms with van der Waals surface area (Å²) in [5, 5.41) is 0. The average molecular weight is 303 g/mol. The summed E-state index contributed by atoms with van der Waals surface area (Å²) in [6, 6.07) is 0.618. The van der Waals surface area contributed by atoms with Crippen LogP contribution in [0, 0.1) is 12.3 Å². The standard InChI is InChI=1S/C18H29N3O/c1-2-10-20-13-4-3-9-17(20)18(22)21-14-7-8-16(15-21)19-11-5-6-12-19/h1,16-17H,3-15H2/t16-,17+/m0/s1. The normalized spacial score (nSPS) is 31.1. The van der Waals surface area contributed by atoms with E-state index in [1.165, 1.54) is 38.8 Å². The number of rotatable bonds is 3. The molecule has 0 N–H and O–H groups in total. The van der Waals surface area contributed by atoms with Crippen molar-refractivity contribution in [1.29, 1.82) is 0 Å². The molecule has 2 atom stereocenters. The summed E-state index contributed by atoms with van der Waals surface area (Å²) in [5.41, 5.74) is 0. The van der Waals surface area contributed by atoms with Crippen LogP contribution in [-0.4, -0.2) is 72.0 Å². The lowest BCUT2D eigenvalue weighted by molar-refractivity contribution is -0.140. The zero-order valence-electron chi connectivity index (χ0n) is 13.7. The molecule has 0 aromatic carbocycles. The van der Waals surface area contributed by atoms with Gasteiger partial charge in [0.1, 0.15) is 0 Å². The van der Waals surface area contributed by atoms with Crippen LogP contribution in [0.15, 0.2) is 0 Å². The minimum atomic E-state index is 0.0297. The van der Waals surface area contributed by atoms with Crippen molar-refractivity contribution in [3.05, 3.63) is 0 Å². The largest absolute Gasteiger partial charge is 0.340 e. The van der Waals surface area contributed by atoms with E-state index in [9.17, 15) is 4.79 Å². The molecule has 0 aromatic rings. The van der Waals surface area contributed by atoms with Crippen molar-refractivity contribution >= 4 is 5.91 Å². The van der Waals surface area contributed by atoms with Crippen LogP contribution in [0.3, 0.4) is 0 Å². The number of hydrogen-bond donors (Lipinski definition) is 0. The summed E-state index contributed by atoms with van der Waals surface area (Å²) in [6.45, 7) is 5.89. The van der Waals surface area contributed by atoms with Crippen LogP contribution in [0.2, 0.25) is 0 Å². The molecule has 4 heteroatoms. The predicted molar refractivity (Wildman–Crippen MR) is 88.5 cm³/mol. The van der Waals surface area contributed by atoms with E-state index in [0.29, 0.717) is 18.5 Å². The lowest BCUT2D eigenvalue weighted by Gasteiger charge is -2.41. The monoisotopic (exact) mass is 303 g/mol. The molecule has 0 bridgehead atoms. The number of hydrogen-bond acceptors (Lipinski definition) is 3. The highest BCUT2D eigenvalue weighted by molar-refractivity contribution is 5.82. The van der Waals surface area contributed by atoms with Gasteiger partial charge in [0.25, 0.3) is 0 Å². The van der Waals surface area contributed by atoms with Crippen LogP contribution in [0.1, 0.15) is 44.9 Å². The third kappa shape index (κ3) is 3.47. The van der Waals surface area contributed by atoms with Crippen molar-refractivity contribution in [3.8, 4) is 12.3 Å². The molecule has 0 unspecified atom stereocenters. The summed E-state index contributed by atoms with van der Waals surface area (Å²) >= 11 is 0.